The molecule has 22 heavy (non-hydrogen) atoms. The number of carbonyl (C=O) groups is 1. The van der Waals surface area contributed by atoms with Crippen LogP contribution in [0.3, 0.4) is 0 Å². The first kappa shape index (κ1) is 15.6. The first-order valence-electron chi connectivity index (χ1n) is 6.54. The standard InChI is InChI=1S/C16H17NO5/c1-10-12(9-22-17-10)13(18)7-5-11-6-8-14(19-2)16(21-4)15(11)20-3/h5-9H,1-4H3. The summed E-state index contributed by atoms with van der Waals surface area (Å²) in [5.74, 6) is 1.32. The highest BCUT2D eigenvalue weighted by molar-refractivity contribution is 6.07. The van der Waals surface area contributed by atoms with Crippen molar-refractivity contribution in [3.05, 3.63) is 41.3 Å². The Balaban J connectivity index is 2.35. The molecule has 0 aliphatic heterocycles. The van der Waals surface area contributed by atoms with Gasteiger partial charge < -0.3 is 18.7 Å². The van der Waals surface area contributed by atoms with Gasteiger partial charge in [0.25, 0.3) is 0 Å². The number of rotatable bonds is 6. The van der Waals surface area contributed by atoms with Gasteiger partial charge in [0.2, 0.25) is 5.75 Å². The Hall–Kier alpha value is -2.76. The van der Waals surface area contributed by atoms with Gasteiger partial charge in [-0.1, -0.05) is 5.16 Å². The molecule has 0 spiro atoms. The lowest BCUT2D eigenvalue weighted by molar-refractivity contribution is 0.104. The summed E-state index contributed by atoms with van der Waals surface area (Å²) >= 11 is 0. The molecule has 1 heterocycles. The smallest absolute Gasteiger partial charge is 0.203 e. The number of aryl methyl sites for hydroxylation is 1. The van der Waals surface area contributed by atoms with E-state index in [2.05, 4.69) is 5.16 Å². The Labute approximate surface area is 128 Å². The van der Waals surface area contributed by atoms with E-state index in [-0.39, 0.29) is 5.78 Å². The summed E-state index contributed by atoms with van der Waals surface area (Å²) in [6.45, 7) is 1.71. The summed E-state index contributed by atoms with van der Waals surface area (Å²) in [7, 11) is 4.60. The predicted molar refractivity (Wildman–Crippen MR) is 80.7 cm³/mol. The SMILES string of the molecule is COc1ccc(C=CC(=O)c2conc2C)c(OC)c1OC. The Morgan fingerprint density at radius 2 is 1.86 bits per heavy atom. The Kier molecular flexibility index (Phi) is 4.83. The number of carbonyl (C=O) groups excluding carboxylic acids is 1. The summed E-state index contributed by atoms with van der Waals surface area (Å²) in [4.78, 5) is 12.1. The molecule has 0 bridgehead atoms. The van der Waals surface area contributed by atoms with Crippen LogP contribution in [-0.4, -0.2) is 32.3 Å². The van der Waals surface area contributed by atoms with E-state index in [1.807, 2.05) is 0 Å². The molecule has 1 aromatic carbocycles. The van der Waals surface area contributed by atoms with Gasteiger partial charge in [0, 0.05) is 5.56 Å². The van der Waals surface area contributed by atoms with Crippen LogP contribution in [0.4, 0.5) is 0 Å². The number of ether oxygens (including phenoxy) is 3. The lowest BCUT2D eigenvalue weighted by Crippen LogP contribution is -1.98. The molecular formula is C16H17NO5. The second-order valence-corrected chi connectivity index (χ2v) is 4.43. The second-order valence-electron chi connectivity index (χ2n) is 4.43. The van der Waals surface area contributed by atoms with Crippen LogP contribution in [0.15, 0.2) is 29.0 Å². The highest BCUT2D eigenvalue weighted by Crippen LogP contribution is 2.40. The molecule has 6 heteroatoms. The van der Waals surface area contributed by atoms with E-state index < -0.39 is 0 Å². The van der Waals surface area contributed by atoms with E-state index in [1.165, 1.54) is 26.6 Å². The van der Waals surface area contributed by atoms with Gasteiger partial charge in [-0.15, -0.1) is 0 Å². The molecule has 0 fully saturated rings. The average Bonchev–Trinajstić information content (AvgIpc) is 2.97. The number of methoxy groups -OCH3 is 3. The van der Waals surface area contributed by atoms with Crippen molar-refractivity contribution >= 4 is 11.9 Å². The third-order valence-electron chi connectivity index (χ3n) is 3.16. The summed E-state index contributed by atoms with van der Waals surface area (Å²) in [6.07, 6.45) is 4.41. The minimum absolute atomic E-state index is 0.199. The van der Waals surface area contributed by atoms with Gasteiger partial charge in [-0.25, -0.2) is 0 Å². The van der Waals surface area contributed by atoms with E-state index in [0.717, 1.165) is 0 Å². The summed E-state index contributed by atoms with van der Waals surface area (Å²) < 4.78 is 20.6. The quantitative estimate of drug-likeness (QED) is 0.603. The average molecular weight is 303 g/mol. The topological polar surface area (TPSA) is 70.8 Å². The Morgan fingerprint density at radius 3 is 2.41 bits per heavy atom. The zero-order valence-electron chi connectivity index (χ0n) is 12.9. The van der Waals surface area contributed by atoms with Crippen LogP contribution in [0.25, 0.3) is 6.08 Å². The number of ketones is 1. The van der Waals surface area contributed by atoms with Crippen molar-refractivity contribution < 1.29 is 23.5 Å². The fourth-order valence-corrected chi connectivity index (χ4v) is 2.04. The summed E-state index contributed by atoms with van der Waals surface area (Å²) in [5.41, 5.74) is 1.67. The maximum atomic E-state index is 12.1. The molecule has 0 saturated carbocycles. The maximum Gasteiger partial charge on any atom is 0.203 e. The van der Waals surface area contributed by atoms with E-state index in [9.17, 15) is 4.79 Å². The Morgan fingerprint density at radius 1 is 1.14 bits per heavy atom. The minimum Gasteiger partial charge on any atom is -0.493 e. The molecule has 0 aliphatic rings. The zero-order chi connectivity index (χ0) is 16.1. The van der Waals surface area contributed by atoms with Crippen molar-refractivity contribution in [2.75, 3.05) is 21.3 Å². The number of nitrogens with zero attached hydrogens (tertiary/aromatic N) is 1. The fourth-order valence-electron chi connectivity index (χ4n) is 2.04. The number of hydrogen-bond donors (Lipinski definition) is 0. The first-order chi connectivity index (χ1) is 10.6. The third kappa shape index (κ3) is 2.95. The molecule has 0 saturated heterocycles. The largest absolute Gasteiger partial charge is 0.493 e. The van der Waals surface area contributed by atoms with Crippen LogP contribution < -0.4 is 14.2 Å². The molecule has 0 unspecified atom stereocenters. The van der Waals surface area contributed by atoms with Crippen LogP contribution in [0, 0.1) is 6.92 Å². The lowest BCUT2D eigenvalue weighted by atomic mass is 10.1. The number of benzene rings is 1. The van der Waals surface area contributed by atoms with Crippen LogP contribution in [-0.2, 0) is 0 Å². The number of aromatic nitrogens is 1. The summed E-state index contributed by atoms with van der Waals surface area (Å²) in [5, 5.41) is 3.69. The lowest BCUT2D eigenvalue weighted by Gasteiger charge is -2.13. The van der Waals surface area contributed by atoms with E-state index in [4.69, 9.17) is 18.7 Å². The maximum absolute atomic E-state index is 12.1. The highest BCUT2D eigenvalue weighted by atomic mass is 16.5. The van der Waals surface area contributed by atoms with Gasteiger partial charge in [0.05, 0.1) is 32.6 Å². The van der Waals surface area contributed by atoms with E-state index >= 15 is 0 Å². The van der Waals surface area contributed by atoms with Crippen molar-refractivity contribution in [2.24, 2.45) is 0 Å². The third-order valence-corrected chi connectivity index (χ3v) is 3.16. The number of allylic oxidation sites excluding steroid dienone is 1. The minimum atomic E-state index is -0.199. The predicted octanol–water partition coefficient (Wildman–Crippen LogP) is 2.90. The van der Waals surface area contributed by atoms with Gasteiger partial charge in [-0.3, -0.25) is 4.79 Å². The van der Waals surface area contributed by atoms with E-state index in [0.29, 0.717) is 34.1 Å². The van der Waals surface area contributed by atoms with Crippen molar-refractivity contribution in [1.29, 1.82) is 0 Å². The second kappa shape index (κ2) is 6.80. The first-order valence-corrected chi connectivity index (χ1v) is 6.54. The van der Waals surface area contributed by atoms with Gasteiger partial charge in [0.15, 0.2) is 17.3 Å². The van der Waals surface area contributed by atoms with Crippen molar-refractivity contribution in [3.8, 4) is 17.2 Å². The van der Waals surface area contributed by atoms with Gasteiger partial charge >= 0.3 is 0 Å². The molecule has 2 aromatic rings. The number of hydrogen-bond acceptors (Lipinski definition) is 6. The zero-order valence-corrected chi connectivity index (χ0v) is 12.9. The molecule has 116 valence electrons. The van der Waals surface area contributed by atoms with Gasteiger partial charge in [-0.05, 0) is 31.2 Å². The van der Waals surface area contributed by atoms with Crippen molar-refractivity contribution in [3.63, 3.8) is 0 Å². The molecule has 1 aromatic heterocycles. The molecule has 0 radical (unpaired) electrons. The fraction of sp³-hybridized carbons (Fsp3) is 0.250. The van der Waals surface area contributed by atoms with E-state index in [1.54, 1.807) is 32.2 Å². The molecule has 0 atom stereocenters. The normalized spacial score (nSPS) is 10.7. The van der Waals surface area contributed by atoms with Gasteiger partial charge in [-0.2, -0.15) is 0 Å². The van der Waals surface area contributed by atoms with Crippen molar-refractivity contribution in [2.45, 2.75) is 6.92 Å². The van der Waals surface area contributed by atoms with Gasteiger partial charge in [0.1, 0.15) is 6.26 Å². The Bertz CT molecular complexity index is 703. The van der Waals surface area contributed by atoms with Crippen LogP contribution in [0.1, 0.15) is 21.6 Å². The molecule has 0 aliphatic carbocycles. The molecule has 6 nitrogen and oxygen atoms in total. The summed E-state index contributed by atoms with van der Waals surface area (Å²) in [6, 6.07) is 3.53. The molecule has 0 amide bonds. The molecule has 2 rings (SSSR count). The monoisotopic (exact) mass is 303 g/mol. The van der Waals surface area contributed by atoms with Crippen LogP contribution in [0.2, 0.25) is 0 Å². The van der Waals surface area contributed by atoms with Crippen LogP contribution in [0.5, 0.6) is 17.2 Å². The van der Waals surface area contributed by atoms with Crippen LogP contribution >= 0.6 is 0 Å². The molecular weight excluding hydrogens is 286 g/mol. The highest BCUT2D eigenvalue weighted by Gasteiger charge is 2.15. The molecule has 0 N–H and O–H groups in total. The van der Waals surface area contributed by atoms with Crippen molar-refractivity contribution in [1.82, 2.24) is 5.16 Å².